The standard InChI is InChI=1S/C18H18O4/c1-21-18(20)15(17(19)16-12-5-6-13-22-16)11-7-10-14-8-3-2-4-9-14/h2-4,7-12H,5-6,13H2,1H3/b10-7+,15-11+. The first kappa shape index (κ1) is 15.8. The van der Waals surface area contributed by atoms with Gasteiger partial charge in [-0.1, -0.05) is 42.5 Å². The molecular weight excluding hydrogens is 280 g/mol. The Labute approximate surface area is 129 Å². The van der Waals surface area contributed by atoms with Crippen LogP contribution in [-0.2, 0) is 19.1 Å². The zero-order valence-corrected chi connectivity index (χ0v) is 12.5. The summed E-state index contributed by atoms with van der Waals surface area (Å²) in [4.78, 5) is 24.2. The number of ether oxygens (including phenoxy) is 2. The van der Waals surface area contributed by atoms with E-state index in [0.29, 0.717) is 6.61 Å². The lowest BCUT2D eigenvalue weighted by atomic mass is 10.1. The van der Waals surface area contributed by atoms with Crippen LogP contribution in [0.5, 0.6) is 0 Å². The Bertz CT molecular complexity index is 624. The van der Waals surface area contributed by atoms with Crippen molar-refractivity contribution in [2.75, 3.05) is 13.7 Å². The Morgan fingerprint density at radius 3 is 2.64 bits per heavy atom. The lowest BCUT2D eigenvalue weighted by Crippen LogP contribution is -2.19. The monoisotopic (exact) mass is 298 g/mol. The number of ketones is 1. The molecule has 0 saturated carbocycles. The third-order valence-corrected chi connectivity index (χ3v) is 3.16. The first-order valence-corrected chi connectivity index (χ1v) is 7.12. The molecule has 114 valence electrons. The van der Waals surface area contributed by atoms with Crippen molar-refractivity contribution in [2.45, 2.75) is 12.8 Å². The molecule has 0 spiro atoms. The number of benzene rings is 1. The van der Waals surface area contributed by atoms with Crippen LogP contribution >= 0.6 is 0 Å². The molecule has 4 nitrogen and oxygen atoms in total. The number of Topliss-reactive ketones (excluding diaryl/α,β-unsaturated/α-hetero) is 1. The van der Waals surface area contributed by atoms with Crippen molar-refractivity contribution in [3.8, 4) is 0 Å². The number of hydrogen-bond donors (Lipinski definition) is 0. The van der Waals surface area contributed by atoms with Gasteiger partial charge in [-0.05, 0) is 30.6 Å². The average molecular weight is 298 g/mol. The Morgan fingerprint density at radius 1 is 1.23 bits per heavy atom. The van der Waals surface area contributed by atoms with E-state index in [0.717, 1.165) is 18.4 Å². The first-order valence-electron chi connectivity index (χ1n) is 7.12. The maximum atomic E-state index is 12.3. The Balaban J connectivity index is 2.20. The van der Waals surface area contributed by atoms with Gasteiger partial charge in [0.15, 0.2) is 5.76 Å². The van der Waals surface area contributed by atoms with Crippen LogP contribution in [0.3, 0.4) is 0 Å². The van der Waals surface area contributed by atoms with E-state index in [4.69, 9.17) is 4.74 Å². The zero-order valence-electron chi connectivity index (χ0n) is 12.5. The van der Waals surface area contributed by atoms with Crippen LogP contribution in [-0.4, -0.2) is 25.5 Å². The van der Waals surface area contributed by atoms with Crippen molar-refractivity contribution in [1.29, 1.82) is 0 Å². The summed E-state index contributed by atoms with van der Waals surface area (Å²) >= 11 is 0. The summed E-state index contributed by atoms with van der Waals surface area (Å²) in [5, 5.41) is 0. The normalized spacial score (nSPS) is 15.1. The Morgan fingerprint density at radius 2 is 2.00 bits per heavy atom. The minimum atomic E-state index is -0.669. The number of allylic oxidation sites excluding steroid dienone is 4. The molecule has 1 aromatic rings. The fraction of sp³-hybridized carbons (Fsp3) is 0.222. The van der Waals surface area contributed by atoms with Crippen LogP contribution in [0.15, 0.2) is 59.9 Å². The topological polar surface area (TPSA) is 52.6 Å². The highest BCUT2D eigenvalue weighted by Gasteiger charge is 2.24. The molecule has 1 aliphatic rings. The van der Waals surface area contributed by atoms with Crippen LogP contribution in [0.25, 0.3) is 6.08 Å². The lowest BCUT2D eigenvalue weighted by molar-refractivity contribution is -0.137. The summed E-state index contributed by atoms with van der Waals surface area (Å²) in [6, 6.07) is 9.60. The number of carbonyl (C=O) groups is 2. The third-order valence-electron chi connectivity index (χ3n) is 3.16. The molecule has 0 fully saturated rings. The molecule has 1 aromatic carbocycles. The molecule has 2 rings (SSSR count). The van der Waals surface area contributed by atoms with Gasteiger partial charge in [0, 0.05) is 0 Å². The number of esters is 1. The molecular formula is C18H18O4. The molecule has 0 radical (unpaired) electrons. The van der Waals surface area contributed by atoms with Gasteiger partial charge in [-0.15, -0.1) is 0 Å². The smallest absolute Gasteiger partial charge is 0.341 e. The predicted octanol–water partition coefficient (Wildman–Crippen LogP) is 3.06. The molecule has 0 N–H and O–H groups in total. The van der Waals surface area contributed by atoms with Crippen molar-refractivity contribution in [3.63, 3.8) is 0 Å². The Kier molecular flexibility index (Phi) is 5.72. The van der Waals surface area contributed by atoms with Crippen LogP contribution in [0, 0.1) is 0 Å². The van der Waals surface area contributed by atoms with Gasteiger partial charge in [-0.2, -0.15) is 0 Å². The summed E-state index contributed by atoms with van der Waals surface area (Å²) < 4.78 is 10.0. The van der Waals surface area contributed by atoms with Gasteiger partial charge in [-0.3, -0.25) is 4.79 Å². The van der Waals surface area contributed by atoms with E-state index in [2.05, 4.69) is 4.74 Å². The van der Waals surface area contributed by atoms with Crippen molar-refractivity contribution < 1.29 is 19.1 Å². The highest BCUT2D eigenvalue weighted by molar-refractivity contribution is 6.23. The summed E-state index contributed by atoms with van der Waals surface area (Å²) in [7, 11) is 1.25. The van der Waals surface area contributed by atoms with Gasteiger partial charge in [0.25, 0.3) is 0 Å². The Hall–Kier alpha value is -2.62. The maximum Gasteiger partial charge on any atom is 0.341 e. The van der Waals surface area contributed by atoms with E-state index in [1.54, 1.807) is 12.2 Å². The number of methoxy groups -OCH3 is 1. The zero-order chi connectivity index (χ0) is 15.8. The molecule has 0 unspecified atom stereocenters. The van der Waals surface area contributed by atoms with E-state index in [1.807, 2.05) is 36.4 Å². The number of hydrogen-bond acceptors (Lipinski definition) is 4. The van der Waals surface area contributed by atoms with Crippen LogP contribution < -0.4 is 0 Å². The summed E-state index contributed by atoms with van der Waals surface area (Å²) in [5.74, 6) is -0.891. The fourth-order valence-corrected chi connectivity index (χ4v) is 2.01. The molecule has 1 heterocycles. The van der Waals surface area contributed by atoms with Gasteiger partial charge in [0.05, 0.1) is 13.7 Å². The third kappa shape index (κ3) is 4.19. The summed E-state index contributed by atoms with van der Waals surface area (Å²) in [6.07, 6.45) is 8.29. The largest absolute Gasteiger partial charge is 0.490 e. The predicted molar refractivity (Wildman–Crippen MR) is 83.9 cm³/mol. The minimum absolute atomic E-state index is 0.0390. The van der Waals surface area contributed by atoms with Gasteiger partial charge in [0.1, 0.15) is 5.57 Å². The maximum absolute atomic E-state index is 12.3. The van der Waals surface area contributed by atoms with E-state index in [-0.39, 0.29) is 11.3 Å². The van der Waals surface area contributed by atoms with Gasteiger partial charge in [-0.25, -0.2) is 4.79 Å². The SMILES string of the molecule is COC(=O)/C(=C/C=C/c1ccccc1)C(=O)C1=CCCCO1. The van der Waals surface area contributed by atoms with E-state index in [9.17, 15) is 9.59 Å². The molecule has 1 aliphatic heterocycles. The second-order valence-corrected chi connectivity index (χ2v) is 4.73. The van der Waals surface area contributed by atoms with E-state index >= 15 is 0 Å². The van der Waals surface area contributed by atoms with Crippen molar-refractivity contribution in [2.24, 2.45) is 0 Å². The van der Waals surface area contributed by atoms with Gasteiger partial charge in [0.2, 0.25) is 5.78 Å². The van der Waals surface area contributed by atoms with Crippen LogP contribution in [0.2, 0.25) is 0 Å². The second-order valence-electron chi connectivity index (χ2n) is 4.73. The molecule has 0 aromatic heterocycles. The highest BCUT2D eigenvalue weighted by atomic mass is 16.5. The number of rotatable bonds is 5. The van der Waals surface area contributed by atoms with Crippen molar-refractivity contribution in [3.05, 3.63) is 65.5 Å². The molecule has 0 amide bonds. The van der Waals surface area contributed by atoms with E-state index in [1.165, 1.54) is 13.2 Å². The quantitative estimate of drug-likeness (QED) is 0.276. The van der Waals surface area contributed by atoms with Crippen LogP contribution in [0.4, 0.5) is 0 Å². The average Bonchev–Trinajstić information content (AvgIpc) is 2.59. The minimum Gasteiger partial charge on any atom is -0.490 e. The van der Waals surface area contributed by atoms with Crippen molar-refractivity contribution in [1.82, 2.24) is 0 Å². The first-order chi connectivity index (χ1) is 10.7. The molecule has 22 heavy (non-hydrogen) atoms. The van der Waals surface area contributed by atoms with Crippen LogP contribution in [0.1, 0.15) is 18.4 Å². The molecule has 0 aliphatic carbocycles. The highest BCUT2D eigenvalue weighted by Crippen LogP contribution is 2.16. The van der Waals surface area contributed by atoms with Gasteiger partial charge >= 0.3 is 5.97 Å². The fourth-order valence-electron chi connectivity index (χ4n) is 2.01. The summed E-state index contributed by atoms with van der Waals surface area (Å²) in [5.41, 5.74) is 0.936. The molecule has 0 saturated heterocycles. The second kappa shape index (κ2) is 7.98. The van der Waals surface area contributed by atoms with Gasteiger partial charge < -0.3 is 9.47 Å². The van der Waals surface area contributed by atoms with E-state index < -0.39 is 11.8 Å². The van der Waals surface area contributed by atoms with Crippen molar-refractivity contribution >= 4 is 17.8 Å². The lowest BCUT2D eigenvalue weighted by Gasteiger charge is -2.14. The molecule has 4 heteroatoms. The molecule has 0 bridgehead atoms. The molecule has 0 atom stereocenters. The summed E-state index contributed by atoms with van der Waals surface area (Å²) in [6.45, 7) is 0.492. The number of carbonyl (C=O) groups excluding carboxylic acids is 2.